The van der Waals surface area contributed by atoms with Crippen molar-refractivity contribution in [1.29, 1.82) is 0 Å². The molecule has 11 heteroatoms. The van der Waals surface area contributed by atoms with Crippen molar-refractivity contribution in [3.8, 4) is 0 Å². The maximum atomic E-state index is 13.5. The van der Waals surface area contributed by atoms with Crippen molar-refractivity contribution >= 4 is 33.4 Å². The number of aliphatic hydroxyl groups is 1. The van der Waals surface area contributed by atoms with E-state index in [2.05, 4.69) is 22.5 Å². The fourth-order valence-corrected chi connectivity index (χ4v) is 6.50. The lowest BCUT2D eigenvalue weighted by Crippen LogP contribution is -2.49. The molecule has 4 N–H and O–H groups in total. The summed E-state index contributed by atoms with van der Waals surface area (Å²) >= 11 is 0. The first-order chi connectivity index (χ1) is 22.8. The first-order valence-corrected chi connectivity index (χ1v) is 17.7. The van der Waals surface area contributed by atoms with Crippen molar-refractivity contribution in [2.45, 2.75) is 70.5 Å². The van der Waals surface area contributed by atoms with Crippen LogP contribution in [0.4, 0.5) is 5.69 Å². The molecule has 0 fully saturated rings. The highest BCUT2D eigenvalue weighted by molar-refractivity contribution is 7.92. The zero-order valence-corrected chi connectivity index (χ0v) is 29.0. The van der Waals surface area contributed by atoms with Crippen molar-refractivity contribution < 1.29 is 27.9 Å². The largest absolute Gasteiger partial charge is 0.391 e. The van der Waals surface area contributed by atoms with Gasteiger partial charge in [0.15, 0.2) is 0 Å². The lowest BCUT2D eigenvalue weighted by atomic mass is 9.89. The zero-order chi connectivity index (χ0) is 35.3. The van der Waals surface area contributed by atoms with Gasteiger partial charge in [-0.3, -0.25) is 18.7 Å². The van der Waals surface area contributed by atoms with Gasteiger partial charge in [-0.25, -0.2) is 8.42 Å². The number of carbonyl (C=O) groups excluding carboxylic acids is 3. The first kappa shape index (κ1) is 38.0. The Hall–Kier alpha value is -4.48. The maximum absolute atomic E-state index is 13.5. The minimum absolute atomic E-state index is 0.0222. The van der Waals surface area contributed by atoms with Crippen LogP contribution in [0.5, 0.6) is 0 Å². The third-order valence-corrected chi connectivity index (χ3v) is 9.74. The number of nitrogens with one attached hydrogen (secondary N) is 3. The van der Waals surface area contributed by atoms with Gasteiger partial charge < -0.3 is 21.1 Å². The highest BCUT2D eigenvalue weighted by Crippen LogP contribution is 2.22. The number of hydrogen-bond donors (Lipinski definition) is 4. The Morgan fingerprint density at radius 1 is 0.854 bits per heavy atom. The van der Waals surface area contributed by atoms with Crippen molar-refractivity contribution in [2.75, 3.05) is 11.4 Å². The van der Waals surface area contributed by atoms with Crippen LogP contribution in [0.25, 0.3) is 0 Å². The minimum atomic E-state index is -3.73. The van der Waals surface area contributed by atoms with E-state index in [1.54, 1.807) is 55.5 Å². The smallest absolute Gasteiger partial charge is 0.251 e. The number of carbonyl (C=O) groups is 3. The van der Waals surface area contributed by atoms with Gasteiger partial charge in [-0.05, 0) is 61.4 Å². The van der Waals surface area contributed by atoms with Crippen molar-refractivity contribution in [2.24, 2.45) is 11.8 Å². The number of benzene rings is 3. The highest BCUT2D eigenvalue weighted by Gasteiger charge is 2.30. The number of aliphatic hydroxyl groups excluding tert-OH is 1. The third kappa shape index (κ3) is 11.6. The molecular formula is C37H48N4O6S. The lowest BCUT2D eigenvalue weighted by Gasteiger charge is -2.29. The topological polar surface area (TPSA) is 145 Å². The molecular weight excluding hydrogens is 628 g/mol. The molecule has 258 valence electrons. The van der Waals surface area contributed by atoms with Crippen LogP contribution >= 0.6 is 0 Å². The Labute approximate surface area is 284 Å². The van der Waals surface area contributed by atoms with Gasteiger partial charge in [0.2, 0.25) is 21.8 Å². The Balaban J connectivity index is 1.67. The number of sulfonamides is 1. The van der Waals surface area contributed by atoms with Crippen molar-refractivity contribution in [1.82, 2.24) is 16.0 Å². The molecule has 3 rings (SSSR count). The number of allylic oxidation sites excluding steroid dienone is 1. The molecule has 48 heavy (non-hydrogen) atoms. The summed E-state index contributed by atoms with van der Waals surface area (Å²) in [5, 5.41) is 19.8. The zero-order valence-electron chi connectivity index (χ0n) is 28.1. The molecule has 0 heterocycles. The molecule has 0 aliphatic carbocycles. The molecule has 0 aromatic heterocycles. The van der Waals surface area contributed by atoms with E-state index in [-0.39, 0.29) is 36.0 Å². The summed E-state index contributed by atoms with van der Waals surface area (Å²) in [4.78, 5) is 39.4. The van der Waals surface area contributed by atoms with Crippen LogP contribution in [-0.4, -0.2) is 56.5 Å². The van der Waals surface area contributed by atoms with Gasteiger partial charge in [0.05, 0.1) is 23.6 Å². The molecule has 3 amide bonds. The summed E-state index contributed by atoms with van der Waals surface area (Å²) in [7, 11) is -2.28. The molecule has 0 saturated carbocycles. The van der Waals surface area contributed by atoms with Crippen LogP contribution in [0.2, 0.25) is 0 Å². The van der Waals surface area contributed by atoms with Gasteiger partial charge in [0.1, 0.15) is 6.04 Å². The molecule has 0 saturated heterocycles. The number of amides is 3. The van der Waals surface area contributed by atoms with Crippen LogP contribution in [0.1, 0.15) is 61.5 Å². The maximum Gasteiger partial charge on any atom is 0.251 e. The monoisotopic (exact) mass is 676 g/mol. The third-order valence-electron chi connectivity index (χ3n) is 8.00. The predicted octanol–water partition coefficient (Wildman–Crippen LogP) is 4.56. The average Bonchev–Trinajstić information content (AvgIpc) is 3.06. The van der Waals surface area contributed by atoms with E-state index in [0.717, 1.165) is 9.87 Å². The minimum Gasteiger partial charge on any atom is -0.391 e. The Morgan fingerprint density at radius 2 is 1.48 bits per heavy atom. The second-order valence-corrected chi connectivity index (χ2v) is 14.4. The molecule has 0 aliphatic heterocycles. The van der Waals surface area contributed by atoms with E-state index in [0.29, 0.717) is 24.2 Å². The molecule has 10 nitrogen and oxygen atoms in total. The summed E-state index contributed by atoms with van der Waals surface area (Å²) in [6.07, 6.45) is 1.20. The summed E-state index contributed by atoms with van der Waals surface area (Å²) < 4.78 is 27.4. The van der Waals surface area contributed by atoms with Gasteiger partial charge in [-0.2, -0.15) is 0 Å². The molecule has 0 radical (unpaired) electrons. The molecule has 0 spiro atoms. The van der Waals surface area contributed by atoms with Gasteiger partial charge in [-0.15, -0.1) is 6.58 Å². The SMILES string of the molecule is C=CCC(CC(O)C(CC(C)C)NC(=O)c1cccc(N(C)S(=O)(=O)Cc2ccccc2)c1)C(=O)N[C@@H](C)C(=O)NCc1ccccc1. The standard InChI is InChI=1S/C37H48N4O6S/c1-6-14-30(36(44)39-27(4)35(43)38-24-28-15-9-7-10-16-28)23-34(42)33(21-26(2)3)40-37(45)31-19-13-20-32(22-31)41(5)48(46,47)25-29-17-11-8-12-18-29/h6-13,15-20,22,26-27,30,33-34,42H,1,14,21,23-25H2,2-5H3,(H,38,43)(H,39,44)(H,40,45)/t27-,30?,33?,34?/m0/s1. The molecule has 0 aliphatic rings. The highest BCUT2D eigenvalue weighted by atomic mass is 32.2. The van der Waals surface area contributed by atoms with E-state index in [1.807, 2.05) is 50.2 Å². The van der Waals surface area contributed by atoms with E-state index in [9.17, 15) is 27.9 Å². The number of rotatable bonds is 18. The Morgan fingerprint density at radius 3 is 2.08 bits per heavy atom. The van der Waals surface area contributed by atoms with E-state index in [1.165, 1.54) is 13.1 Å². The van der Waals surface area contributed by atoms with E-state index in [4.69, 9.17) is 0 Å². The van der Waals surface area contributed by atoms with Gasteiger partial charge >= 0.3 is 0 Å². The van der Waals surface area contributed by atoms with Gasteiger partial charge in [0.25, 0.3) is 5.91 Å². The molecule has 0 bridgehead atoms. The van der Waals surface area contributed by atoms with E-state index < -0.39 is 45.9 Å². The molecule has 3 aromatic rings. The fraction of sp³-hybridized carbons (Fsp3) is 0.378. The summed E-state index contributed by atoms with van der Waals surface area (Å²) in [5.41, 5.74) is 2.13. The Kier molecular flexibility index (Phi) is 14.4. The second kappa shape index (κ2) is 18.2. The van der Waals surface area contributed by atoms with Crippen molar-refractivity contribution in [3.05, 3.63) is 114 Å². The molecule has 3 unspecified atom stereocenters. The van der Waals surface area contributed by atoms with Gasteiger partial charge in [0, 0.05) is 25.1 Å². The summed E-state index contributed by atoms with van der Waals surface area (Å²) in [6, 6.07) is 23.1. The normalized spacial score (nSPS) is 13.9. The van der Waals surface area contributed by atoms with Crippen LogP contribution in [-0.2, 0) is 31.9 Å². The van der Waals surface area contributed by atoms with Crippen molar-refractivity contribution in [3.63, 3.8) is 0 Å². The number of nitrogens with zero attached hydrogens (tertiary/aromatic N) is 1. The first-order valence-electron chi connectivity index (χ1n) is 16.1. The van der Waals surface area contributed by atoms with Crippen LogP contribution < -0.4 is 20.3 Å². The molecule has 4 atom stereocenters. The number of anilines is 1. The van der Waals surface area contributed by atoms with Crippen LogP contribution in [0.15, 0.2) is 97.6 Å². The predicted molar refractivity (Wildman–Crippen MR) is 189 cm³/mol. The van der Waals surface area contributed by atoms with Crippen LogP contribution in [0, 0.1) is 11.8 Å². The number of hydrogen-bond acceptors (Lipinski definition) is 6. The Bertz CT molecular complexity index is 1620. The fourth-order valence-electron chi connectivity index (χ4n) is 5.26. The summed E-state index contributed by atoms with van der Waals surface area (Å²) in [6.45, 7) is 9.60. The molecule has 3 aromatic carbocycles. The summed E-state index contributed by atoms with van der Waals surface area (Å²) in [5.74, 6) is -2.01. The quantitative estimate of drug-likeness (QED) is 0.146. The van der Waals surface area contributed by atoms with E-state index >= 15 is 0 Å². The van der Waals surface area contributed by atoms with Crippen LogP contribution in [0.3, 0.4) is 0 Å². The second-order valence-electron chi connectivity index (χ2n) is 12.4. The average molecular weight is 677 g/mol. The van der Waals surface area contributed by atoms with Gasteiger partial charge in [-0.1, -0.05) is 86.7 Å². The lowest BCUT2D eigenvalue weighted by molar-refractivity contribution is -0.131.